The van der Waals surface area contributed by atoms with E-state index >= 15 is 0 Å². The third-order valence-corrected chi connectivity index (χ3v) is 2.63. The van der Waals surface area contributed by atoms with Gasteiger partial charge in [-0.15, -0.1) is 0 Å². The highest BCUT2D eigenvalue weighted by Gasteiger charge is 2.31. The van der Waals surface area contributed by atoms with Crippen molar-refractivity contribution in [3.05, 3.63) is 39.8 Å². The van der Waals surface area contributed by atoms with Gasteiger partial charge in [-0.25, -0.2) is 4.79 Å². The molecule has 1 aromatic carbocycles. The van der Waals surface area contributed by atoms with Crippen molar-refractivity contribution in [3.63, 3.8) is 0 Å². The van der Waals surface area contributed by atoms with Crippen LogP contribution >= 0.6 is 0 Å². The molecule has 0 bridgehead atoms. The quantitative estimate of drug-likeness (QED) is 0.922. The number of phenols is 1. The van der Waals surface area contributed by atoms with E-state index in [1.54, 1.807) is 6.92 Å². The average Bonchev–Trinajstić information content (AvgIpc) is 2.69. The van der Waals surface area contributed by atoms with Gasteiger partial charge in [0.15, 0.2) is 0 Å². The number of nitrogens with zero attached hydrogens (tertiary/aromatic N) is 4. The first-order chi connectivity index (χ1) is 9.31. The number of rotatable bonds is 3. The first-order valence-electron chi connectivity index (χ1n) is 5.72. The SMILES string of the molecule is CCn1nnn(Cc2cc(O)cc(C(F)(F)F)c2)c1=O. The van der Waals surface area contributed by atoms with Gasteiger partial charge < -0.3 is 5.11 Å². The Balaban J connectivity index is 2.36. The predicted octanol–water partition coefficient (Wildman–Crippen LogP) is 1.23. The summed E-state index contributed by atoms with van der Waals surface area (Å²) in [7, 11) is 0. The number of aryl methyl sites for hydroxylation is 1. The second kappa shape index (κ2) is 4.99. The topological polar surface area (TPSA) is 72.9 Å². The molecule has 0 aliphatic carbocycles. The molecule has 9 heteroatoms. The molecule has 0 unspecified atom stereocenters. The summed E-state index contributed by atoms with van der Waals surface area (Å²) in [4.78, 5) is 11.7. The van der Waals surface area contributed by atoms with Crippen molar-refractivity contribution < 1.29 is 18.3 Å². The fraction of sp³-hybridized carbons (Fsp3) is 0.364. The molecule has 20 heavy (non-hydrogen) atoms. The molecule has 2 aromatic rings. The van der Waals surface area contributed by atoms with E-state index in [0.717, 1.165) is 21.5 Å². The largest absolute Gasteiger partial charge is 0.508 e. The van der Waals surface area contributed by atoms with Crippen LogP contribution in [-0.2, 0) is 19.3 Å². The number of alkyl halides is 3. The molecule has 0 amide bonds. The first-order valence-corrected chi connectivity index (χ1v) is 5.72. The fourth-order valence-electron chi connectivity index (χ4n) is 1.71. The van der Waals surface area contributed by atoms with Crippen LogP contribution < -0.4 is 5.69 Å². The van der Waals surface area contributed by atoms with Crippen LogP contribution in [0.1, 0.15) is 18.1 Å². The lowest BCUT2D eigenvalue weighted by atomic mass is 10.1. The zero-order valence-corrected chi connectivity index (χ0v) is 10.4. The molecule has 0 spiro atoms. The van der Waals surface area contributed by atoms with Crippen LogP contribution in [0, 0.1) is 0 Å². The number of benzene rings is 1. The number of hydrogen-bond donors (Lipinski definition) is 1. The van der Waals surface area contributed by atoms with Crippen LogP contribution in [0.15, 0.2) is 23.0 Å². The van der Waals surface area contributed by atoms with Gasteiger partial charge in [0.05, 0.1) is 12.1 Å². The van der Waals surface area contributed by atoms with E-state index in [9.17, 15) is 23.1 Å². The number of aromatic nitrogens is 4. The smallest absolute Gasteiger partial charge is 0.416 e. The van der Waals surface area contributed by atoms with Crippen molar-refractivity contribution in [2.45, 2.75) is 26.2 Å². The molecule has 1 aromatic heterocycles. The van der Waals surface area contributed by atoms with Gasteiger partial charge >= 0.3 is 11.9 Å². The first kappa shape index (κ1) is 14.1. The molecular weight excluding hydrogens is 277 g/mol. The zero-order valence-electron chi connectivity index (χ0n) is 10.4. The number of aromatic hydroxyl groups is 1. The van der Waals surface area contributed by atoms with Gasteiger partial charge in [-0.1, -0.05) is 0 Å². The summed E-state index contributed by atoms with van der Waals surface area (Å²) in [6.07, 6.45) is -4.57. The lowest BCUT2D eigenvalue weighted by Gasteiger charge is -2.09. The van der Waals surface area contributed by atoms with Crippen molar-refractivity contribution >= 4 is 0 Å². The van der Waals surface area contributed by atoms with Gasteiger partial charge in [-0.3, -0.25) is 0 Å². The summed E-state index contributed by atoms with van der Waals surface area (Å²) in [5.74, 6) is -0.522. The van der Waals surface area contributed by atoms with Crippen molar-refractivity contribution in [1.82, 2.24) is 19.8 Å². The lowest BCUT2D eigenvalue weighted by molar-refractivity contribution is -0.137. The molecule has 1 N–H and O–H groups in total. The summed E-state index contributed by atoms with van der Waals surface area (Å²) in [5, 5.41) is 16.4. The van der Waals surface area contributed by atoms with E-state index in [1.807, 2.05) is 0 Å². The Morgan fingerprint density at radius 1 is 1.20 bits per heavy atom. The van der Waals surface area contributed by atoms with Crippen molar-refractivity contribution in [1.29, 1.82) is 0 Å². The van der Waals surface area contributed by atoms with Crippen molar-refractivity contribution in [2.75, 3.05) is 0 Å². The van der Waals surface area contributed by atoms with Crippen LogP contribution in [0.2, 0.25) is 0 Å². The van der Waals surface area contributed by atoms with Gasteiger partial charge in [0.2, 0.25) is 0 Å². The van der Waals surface area contributed by atoms with Gasteiger partial charge in [-0.05, 0) is 41.1 Å². The fourth-order valence-corrected chi connectivity index (χ4v) is 1.71. The molecule has 2 rings (SSSR count). The Morgan fingerprint density at radius 2 is 1.85 bits per heavy atom. The Morgan fingerprint density at radius 3 is 2.40 bits per heavy atom. The molecule has 1 heterocycles. The van der Waals surface area contributed by atoms with Crippen LogP contribution in [0.25, 0.3) is 0 Å². The summed E-state index contributed by atoms with van der Waals surface area (Å²) in [5.41, 5.74) is -1.39. The molecule has 0 aliphatic rings. The summed E-state index contributed by atoms with van der Waals surface area (Å²) in [6, 6.07) is 2.62. The molecule has 108 valence electrons. The number of halogens is 3. The number of tetrazole rings is 1. The standard InChI is InChI=1S/C11H11F3N4O2/c1-2-17-10(20)18(16-15-17)6-7-3-8(11(12,13)14)5-9(19)4-7/h3-5,19H,2,6H2,1H3. The van der Waals surface area contributed by atoms with E-state index in [4.69, 9.17) is 0 Å². The van der Waals surface area contributed by atoms with Gasteiger partial charge in [0, 0.05) is 6.54 Å². The molecule has 0 saturated heterocycles. The highest BCUT2D eigenvalue weighted by atomic mass is 19.4. The minimum Gasteiger partial charge on any atom is -0.508 e. The Bertz CT molecular complexity index is 675. The lowest BCUT2D eigenvalue weighted by Crippen LogP contribution is -2.25. The van der Waals surface area contributed by atoms with E-state index < -0.39 is 23.2 Å². The molecule has 0 aliphatic heterocycles. The molecule has 0 saturated carbocycles. The second-order valence-electron chi connectivity index (χ2n) is 4.12. The molecule has 6 nitrogen and oxygen atoms in total. The summed E-state index contributed by atoms with van der Waals surface area (Å²) < 4.78 is 39.8. The number of hydrogen-bond acceptors (Lipinski definition) is 4. The van der Waals surface area contributed by atoms with Crippen LogP contribution in [0.3, 0.4) is 0 Å². The zero-order chi connectivity index (χ0) is 14.9. The summed E-state index contributed by atoms with van der Waals surface area (Å²) >= 11 is 0. The average molecular weight is 288 g/mol. The van der Waals surface area contributed by atoms with Gasteiger partial charge in [-0.2, -0.15) is 22.5 Å². The summed E-state index contributed by atoms with van der Waals surface area (Å²) in [6.45, 7) is 1.81. The van der Waals surface area contributed by atoms with Crippen LogP contribution in [-0.4, -0.2) is 24.9 Å². The maximum Gasteiger partial charge on any atom is 0.416 e. The normalized spacial score (nSPS) is 11.8. The maximum atomic E-state index is 12.6. The number of phenolic OH excluding ortho intramolecular Hbond substituents is 1. The Hall–Kier alpha value is -2.32. The van der Waals surface area contributed by atoms with E-state index in [2.05, 4.69) is 10.4 Å². The van der Waals surface area contributed by atoms with E-state index in [-0.39, 0.29) is 12.1 Å². The third-order valence-electron chi connectivity index (χ3n) is 2.63. The monoisotopic (exact) mass is 288 g/mol. The van der Waals surface area contributed by atoms with E-state index in [0.29, 0.717) is 12.6 Å². The molecule has 0 radical (unpaired) electrons. The predicted molar refractivity (Wildman–Crippen MR) is 62.2 cm³/mol. The van der Waals surface area contributed by atoms with Crippen molar-refractivity contribution in [2.24, 2.45) is 0 Å². The van der Waals surface area contributed by atoms with Crippen LogP contribution in [0.4, 0.5) is 13.2 Å². The highest BCUT2D eigenvalue weighted by molar-refractivity contribution is 5.35. The minimum atomic E-state index is -4.57. The van der Waals surface area contributed by atoms with E-state index in [1.165, 1.54) is 0 Å². The van der Waals surface area contributed by atoms with Crippen LogP contribution in [0.5, 0.6) is 5.75 Å². The minimum absolute atomic E-state index is 0.113. The van der Waals surface area contributed by atoms with Gasteiger partial charge in [0.25, 0.3) is 0 Å². The molecular formula is C11H11F3N4O2. The Labute approximate surface area is 111 Å². The molecule has 0 fully saturated rings. The van der Waals surface area contributed by atoms with Gasteiger partial charge in [0.1, 0.15) is 5.75 Å². The second-order valence-corrected chi connectivity index (χ2v) is 4.12. The Kier molecular flexibility index (Phi) is 3.51. The third kappa shape index (κ3) is 2.81. The maximum absolute atomic E-state index is 12.6. The molecule has 0 atom stereocenters. The van der Waals surface area contributed by atoms with Crippen molar-refractivity contribution in [3.8, 4) is 5.75 Å². The highest BCUT2D eigenvalue weighted by Crippen LogP contribution is 2.32.